The van der Waals surface area contributed by atoms with Crippen molar-refractivity contribution < 1.29 is 9.53 Å². The van der Waals surface area contributed by atoms with Gasteiger partial charge in [-0.2, -0.15) is 0 Å². The summed E-state index contributed by atoms with van der Waals surface area (Å²) in [7, 11) is 1.64. The van der Waals surface area contributed by atoms with Gasteiger partial charge in [0.05, 0.1) is 12.6 Å². The van der Waals surface area contributed by atoms with Crippen LogP contribution in [-0.2, 0) is 9.53 Å². The Morgan fingerprint density at radius 2 is 2.00 bits per heavy atom. The Morgan fingerprint density at radius 3 is 2.43 bits per heavy atom. The van der Waals surface area contributed by atoms with Crippen molar-refractivity contribution >= 4 is 5.91 Å². The molecular weight excluding hydrogens is 180 g/mol. The van der Waals surface area contributed by atoms with Gasteiger partial charge in [-0.25, -0.2) is 0 Å². The van der Waals surface area contributed by atoms with Crippen LogP contribution in [0.3, 0.4) is 0 Å². The lowest BCUT2D eigenvalue weighted by atomic mass is 10.1. The fourth-order valence-electron chi connectivity index (χ4n) is 0.948. The monoisotopic (exact) mass is 202 g/mol. The predicted molar refractivity (Wildman–Crippen MR) is 57.2 cm³/mol. The van der Waals surface area contributed by atoms with E-state index < -0.39 is 0 Å². The fourth-order valence-corrected chi connectivity index (χ4v) is 0.948. The number of carbonyl (C=O) groups excluding carboxylic acids is 1. The Bertz CT molecular complexity index is 175. The Balaban J connectivity index is 3.77. The molecule has 0 aromatic heterocycles. The summed E-state index contributed by atoms with van der Waals surface area (Å²) in [4.78, 5) is 11.5. The predicted octanol–water partition coefficient (Wildman–Crippen LogP) is 0.526. The van der Waals surface area contributed by atoms with Gasteiger partial charge in [0.2, 0.25) is 5.91 Å². The number of hydrogen-bond donors (Lipinski definition) is 2. The van der Waals surface area contributed by atoms with Gasteiger partial charge < -0.3 is 15.4 Å². The van der Waals surface area contributed by atoms with Crippen molar-refractivity contribution in [3.63, 3.8) is 0 Å². The summed E-state index contributed by atoms with van der Waals surface area (Å²) in [6.07, 6.45) is 0. The van der Waals surface area contributed by atoms with Gasteiger partial charge in [-0.1, -0.05) is 0 Å². The van der Waals surface area contributed by atoms with Gasteiger partial charge in [0.1, 0.15) is 0 Å². The van der Waals surface area contributed by atoms with Crippen molar-refractivity contribution in [2.75, 3.05) is 20.3 Å². The van der Waals surface area contributed by atoms with E-state index in [1.165, 1.54) is 0 Å². The Labute approximate surface area is 86.4 Å². The molecule has 0 saturated heterocycles. The van der Waals surface area contributed by atoms with E-state index in [0.717, 1.165) is 0 Å². The van der Waals surface area contributed by atoms with Gasteiger partial charge in [-0.15, -0.1) is 0 Å². The van der Waals surface area contributed by atoms with E-state index in [1.807, 2.05) is 27.7 Å². The second-order valence-corrected chi connectivity index (χ2v) is 4.41. The Morgan fingerprint density at radius 1 is 1.43 bits per heavy atom. The minimum absolute atomic E-state index is 0.0219. The molecule has 0 spiro atoms. The van der Waals surface area contributed by atoms with Crippen LogP contribution < -0.4 is 10.6 Å². The molecular formula is C10H22N2O2. The first-order valence-electron chi connectivity index (χ1n) is 4.91. The number of hydrogen-bond acceptors (Lipinski definition) is 3. The van der Waals surface area contributed by atoms with Crippen LogP contribution in [-0.4, -0.2) is 37.7 Å². The molecule has 4 heteroatoms. The summed E-state index contributed by atoms with van der Waals surface area (Å²) in [6.45, 7) is 9.05. The minimum Gasteiger partial charge on any atom is -0.383 e. The highest BCUT2D eigenvalue weighted by atomic mass is 16.5. The van der Waals surface area contributed by atoms with Gasteiger partial charge >= 0.3 is 0 Å². The molecule has 1 atom stereocenters. The number of rotatable bonds is 5. The van der Waals surface area contributed by atoms with Gasteiger partial charge in [0.25, 0.3) is 0 Å². The molecule has 4 nitrogen and oxygen atoms in total. The van der Waals surface area contributed by atoms with Crippen LogP contribution in [0, 0.1) is 0 Å². The highest BCUT2D eigenvalue weighted by Gasteiger charge is 2.18. The highest BCUT2D eigenvalue weighted by molar-refractivity contribution is 5.81. The maximum absolute atomic E-state index is 11.5. The van der Waals surface area contributed by atoms with Crippen LogP contribution in [0.4, 0.5) is 0 Å². The number of carbonyl (C=O) groups is 1. The third kappa shape index (κ3) is 6.86. The zero-order chi connectivity index (χ0) is 11.2. The van der Waals surface area contributed by atoms with Crippen LogP contribution in [0.15, 0.2) is 0 Å². The average molecular weight is 202 g/mol. The molecule has 1 amide bonds. The lowest BCUT2D eigenvalue weighted by Crippen LogP contribution is -2.50. The van der Waals surface area contributed by atoms with E-state index in [4.69, 9.17) is 4.74 Å². The van der Waals surface area contributed by atoms with E-state index in [0.29, 0.717) is 13.2 Å². The van der Waals surface area contributed by atoms with E-state index in [9.17, 15) is 4.79 Å². The Hall–Kier alpha value is -0.610. The first-order valence-corrected chi connectivity index (χ1v) is 4.91. The van der Waals surface area contributed by atoms with Crippen molar-refractivity contribution in [1.82, 2.24) is 10.6 Å². The SMILES string of the molecule is COCCN[C@@H](C)C(=O)NC(C)(C)C. The first kappa shape index (κ1) is 13.4. The third-order valence-electron chi connectivity index (χ3n) is 1.65. The van der Waals surface area contributed by atoms with Gasteiger partial charge in [-0.3, -0.25) is 4.79 Å². The summed E-state index contributed by atoms with van der Waals surface area (Å²) in [5.41, 5.74) is -0.172. The molecule has 14 heavy (non-hydrogen) atoms. The van der Waals surface area contributed by atoms with Crippen molar-refractivity contribution in [2.24, 2.45) is 0 Å². The molecule has 0 aromatic rings. The first-order chi connectivity index (χ1) is 6.37. The third-order valence-corrected chi connectivity index (χ3v) is 1.65. The molecule has 0 heterocycles. The number of amides is 1. The molecule has 2 N–H and O–H groups in total. The molecule has 0 fully saturated rings. The summed E-state index contributed by atoms with van der Waals surface area (Å²) in [5.74, 6) is 0.0219. The van der Waals surface area contributed by atoms with Gasteiger partial charge in [0.15, 0.2) is 0 Å². The van der Waals surface area contributed by atoms with Crippen molar-refractivity contribution in [2.45, 2.75) is 39.3 Å². The summed E-state index contributed by atoms with van der Waals surface area (Å²) in [5, 5.41) is 5.97. The maximum atomic E-state index is 11.5. The van der Waals surface area contributed by atoms with Crippen LogP contribution in [0.25, 0.3) is 0 Å². The van der Waals surface area contributed by atoms with Crippen molar-refractivity contribution in [3.05, 3.63) is 0 Å². The second-order valence-electron chi connectivity index (χ2n) is 4.41. The molecule has 0 aliphatic carbocycles. The number of methoxy groups -OCH3 is 1. The smallest absolute Gasteiger partial charge is 0.237 e. The van der Waals surface area contributed by atoms with Crippen LogP contribution >= 0.6 is 0 Å². The topological polar surface area (TPSA) is 50.4 Å². The van der Waals surface area contributed by atoms with Gasteiger partial charge in [-0.05, 0) is 27.7 Å². The van der Waals surface area contributed by atoms with E-state index >= 15 is 0 Å². The molecule has 0 rings (SSSR count). The standard InChI is InChI=1S/C10H22N2O2/c1-8(11-6-7-14-5)9(13)12-10(2,3)4/h8,11H,6-7H2,1-5H3,(H,12,13)/t8-/m0/s1. The van der Waals surface area contributed by atoms with E-state index in [1.54, 1.807) is 7.11 Å². The van der Waals surface area contributed by atoms with E-state index in [-0.39, 0.29) is 17.5 Å². The highest BCUT2D eigenvalue weighted by Crippen LogP contribution is 1.98. The summed E-state index contributed by atoms with van der Waals surface area (Å²) in [6, 6.07) is -0.177. The number of nitrogens with one attached hydrogen (secondary N) is 2. The maximum Gasteiger partial charge on any atom is 0.237 e. The lowest BCUT2D eigenvalue weighted by molar-refractivity contribution is -0.124. The molecule has 0 aliphatic rings. The summed E-state index contributed by atoms with van der Waals surface area (Å²) >= 11 is 0. The molecule has 0 saturated carbocycles. The molecule has 0 bridgehead atoms. The normalized spacial score (nSPS) is 13.8. The zero-order valence-corrected chi connectivity index (χ0v) is 9.81. The molecule has 0 radical (unpaired) electrons. The average Bonchev–Trinajstić information content (AvgIpc) is 2.01. The van der Waals surface area contributed by atoms with E-state index in [2.05, 4.69) is 10.6 Å². The fraction of sp³-hybridized carbons (Fsp3) is 0.900. The largest absolute Gasteiger partial charge is 0.383 e. The molecule has 0 aromatic carbocycles. The van der Waals surface area contributed by atoms with Crippen LogP contribution in [0.1, 0.15) is 27.7 Å². The molecule has 0 aliphatic heterocycles. The summed E-state index contributed by atoms with van der Waals surface area (Å²) < 4.78 is 4.88. The number of ether oxygens (including phenoxy) is 1. The van der Waals surface area contributed by atoms with Crippen LogP contribution in [0.5, 0.6) is 0 Å². The van der Waals surface area contributed by atoms with Crippen molar-refractivity contribution in [3.8, 4) is 0 Å². The van der Waals surface area contributed by atoms with Crippen molar-refractivity contribution in [1.29, 1.82) is 0 Å². The lowest BCUT2D eigenvalue weighted by Gasteiger charge is -2.23. The molecule has 0 unspecified atom stereocenters. The molecule has 84 valence electrons. The quantitative estimate of drug-likeness (QED) is 0.639. The second kappa shape index (κ2) is 5.98. The Kier molecular flexibility index (Phi) is 5.72. The zero-order valence-electron chi connectivity index (χ0n) is 9.81. The van der Waals surface area contributed by atoms with Crippen LogP contribution in [0.2, 0.25) is 0 Å². The van der Waals surface area contributed by atoms with Gasteiger partial charge in [0, 0.05) is 19.2 Å². The minimum atomic E-state index is -0.177.